The molecular weight excluding hydrogens is 330 g/mol. The van der Waals surface area contributed by atoms with Gasteiger partial charge in [0, 0.05) is 19.0 Å². The van der Waals surface area contributed by atoms with E-state index in [0.717, 1.165) is 48.6 Å². The van der Waals surface area contributed by atoms with Crippen LogP contribution in [-0.2, 0) is 4.79 Å². The molecule has 0 aromatic carbocycles. The molecule has 0 aromatic heterocycles. The quantitative estimate of drug-likeness (QED) is 0.561. The Labute approximate surface area is 166 Å². The summed E-state index contributed by atoms with van der Waals surface area (Å²) in [4.78, 5) is 15.7. The van der Waals surface area contributed by atoms with Crippen molar-refractivity contribution < 1.29 is 4.79 Å². The fourth-order valence-electron chi connectivity index (χ4n) is 8.83. The van der Waals surface area contributed by atoms with E-state index < -0.39 is 0 Å². The Kier molecular flexibility index (Phi) is 4.84. The van der Waals surface area contributed by atoms with Crippen molar-refractivity contribution in [1.82, 2.24) is 4.90 Å². The van der Waals surface area contributed by atoms with Crippen molar-refractivity contribution in [1.29, 1.82) is 0 Å². The molecule has 1 amide bonds. The number of likely N-dealkylation sites (tertiary alicyclic amines) is 1. The van der Waals surface area contributed by atoms with Crippen LogP contribution in [0.3, 0.4) is 0 Å². The number of carbonyl (C=O) groups excluding carboxylic acids is 1. The zero-order valence-electron chi connectivity index (χ0n) is 17.8. The second kappa shape index (κ2) is 7.06. The van der Waals surface area contributed by atoms with Gasteiger partial charge >= 0.3 is 0 Å². The van der Waals surface area contributed by atoms with Crippen LogP contribution >= 0.6 is 0 Å². The summed E-state index contributed by atoms with van der Waals surface area (Å²) >= 11 is 0. The van der Waals surface area contributed by atoms with Crippen LogP contribution in [0.4, 0.5) is 0 Å². The molecule has 8 unspecified atom stereocenters. The second-order valence-corrected chi connectivity index (χ2v) is 11.4. The highest BCUT2D eigenvalue weighted by molar-refractivity contribution is 5.80. The first kappa shape index (κ1) is 18.5. The summed E-state index contributed by atoms with van der Waals surface area (Å²) in [5, 5.41) is 0. The van der Waals surface area contributed by atoms with E-state index in [2.05, 4.69) is 18.7 Å². The smallest absolute Gasteiger partial charge is 0.226 e. The predicted molar refractivity (Wildman–Crippen MR) is 110 cm³/mol. The third-order valence-corrected chi connectivity index (χ3v) is 10.2. The van der Waals surface area contributed by atoms with Gasteiger partial charge < -0.3 is 4.90 Å². The minimum absolute atomic E-state index is 0.310. The maximum atomic E-state index is 13.4. The lowest BCUT2D eigenvalue weighted by atomic mass is 9.49. The number of fused-ring (bicyclic) bond motifs is 5. The average molecular weight is 372 g/mol. The summed E-state index contributed by atoms with van der Waals surface area (Å²) in [6.07, 6.45) is 16.5. The summed E-state index contributed by atoms with van der Waals surface area (Å²) in [7, 11) is 0. The Morgan fingerprint density at radius 3 is 2.44 bits per heavy atom. The normalized spacial score (nSPS) is 49.9. The first-order valence-electron chi connectivity index (χ1n) is 12.4. The van der Waals surface area contributed by atoms with Crippen molar-refractivity contribution >= 4 is 5.91 Å². The lowest BCUT2D eigenvalue weighted by Crippen LogP contribution is -2.51. The minimum atomic E-state index is 0.310. The fourth-order valence-corrected chi connectivity index (χ4v) is 8.83. The van der Waals surface area contributed by atoms with Gasteiger partial charge in [-0.05, 0) is 112 Å². The summed E-state index contributed by atoms with van der Waals surface area (Å²) in [5.74, 6) is 6.69. The number of nitrogens with zero attached hydrogens (tertiary/aromatic N) is 1. The van der Waals surface area contributed by atoms with Gasteiger partial charge in [0.2, 0.25) is 5.91 Å². The van der Waals surface area contributed by atoms with E-state index in [-0.39, 0.29) is 0 Å². The lowest BCUT2D eigenvalue weighted by molar-refractivity contribution is -0.144. The molecule has 0 aromatic rings. The topological polar surface area (TPSA) is 20.3 Å². The molecule has 1 saturated heterocycles. The van der Waals surface area contributed by atoms with Crippen molar-refractivity contribution in [3.63, 3.8) is 0 Å². The summed E-state index contributed by atoms with van der Waals surface area (Å²) in [6, 6.07) is 0. The molecule has 4 saturated carbocycles. The molecule has 1 aliphatic heterocycles. The molecule has 4 aliphatic carbocycles. The Morgan fingerprint density at radius 2 is 1.63 bits per heavy atom. The van der Waals surface area contributed by atoms with Gasteiger partial charge in [-0.25, -0.2) is 0 Å². The van der Waals surface area contributed by atoms with Gasteiger partial charge in [-0.3, -0.25) is 4.79 Å². The molecule has 8 atom stereocenters. The number of carbonyl (C=O) groups is 1. The summed E-state index contributed by atoms with van der Waals surface area (Å²) < 4.78 is 0. The largest absolute Gasteiger partial charge is 0.342 e. The van der Waals surface area contributed by atoms with Crippen LogP contribution in [0.5, 0.6) is 0 Å². The van der Waals surface area contributed by atoms with E-state index in [4.69, 9.17) is 0 Å². The van der Waals surface area contributed by atoms with Crippen LogP contribution in [-0.4, -0.2) is 23.9 Å². The highest BCUT2D eigenvalue weighted by Crippen LogP contribution is 2.64. The highest BCUT2D eigenvalue weighted by Gasteiger charge is 2.58. The van der Waals surface area contributed by atoms with Crippen molar-refractivity contribution in [2.45, 2.75) is 90.9 Å². The van der Waals surface area contributed by atoms with E-state index in [0.29, 0.717) is 17.2 Å². The lowest BCUT2D eigenvalue weighted by Gasteiger charge is -2.56. The van der Waals surface area contributed by atoms with Gasteiger partial charge in [-0.2, -0.15) is 0 Å². The van der Waals surface area contributed by atoms with Crippen molar-refractivity contribution in [3.05, 3.63) is 0 Å². The second-order valence-electron chi connectivity index (χ2n) is 11.4. The minimum Gasteiger partial charge on any atom is -0.342 e. The standard InChI is InChI=1S/C25H41NO/c1-17-6-8-19-18(16-17)7-9-21-20(19)12-13-25(2)22(21)10-11-23(25)24(27)26-14-4-3-5-15-26/h17-23H,3-16H2,1-2H3. The van der Waals surface area contributed by atoms with Crippen LogP contribution in [0.25, 0.3) is 0 Å². The molecule has 0 spiro atoms. The first-order chi connectivity index (χ1) is 13.1. The highest BCUT2D eigenvalue weighted by atomic mass is 16.2. The molecule has 5 fully saturated rings. The molecule has 2 heteroatoms. The van der Waals surface area contributed by atoms with Gasteiger partial charge in [0.25, 0.3) is 0 Å². The van der Waals surface area contributed by atoms with Crippen molar-refractivity contribution in [2.24, 2.45) is 46.8 Å². The van der Waals surface area contributed by atoms with Crippen LogP contribution in [0.2, 0.25) is 0 Å². The molecule has 152 valence electrons. The summed E-state index contributed by atoms with van der Waals surface area (Å²) in [6.45, 7) is 7.07. The Morgan fingerprint density at radius 1 is 0.852 bits per heavy atom. The van der Waals surface area contributed by atoms with Gasteiger partial charge in [0.15, 0.2) is 0 Å². The van der Waals surface area contributed by atoms with E-state index in [1.165, 1.54) is 77.0 Å². The van der Waals surface area contributed by atoms with Crippen LogP contribution in [0.1, 0.15) is 90.9 Å². The van der Waals surface area contributed by atoms with E-state index in [1.807, 2.05) is 0 Å². The van der Waals surface area contributed by atoms with Crippen LogP contribution in [0, 0.1) is 46.8 Å². The van der Waals surface area contributed by atoms with Crippen LogP contribution in [0.15, 0.2) is 0 Å². The number of hydrogen-bond donors (Lipinski definition) is 0. The molecule has 27 heavy (non-hydrogen) atoms. The fraction of sp³-hybridized carbons (Fsp3) is 0.960. The van der Waals surface area contributed by atoms with E-state index in [9.17, 15) is 4.79 Å². The molecule has 2 nitrogen and oxygen atoms in total. The predicted octanol–water partition coefficient (Wildman–Crippen LogP) is 5.90. The SMILES string of the molecule is CC1CCC2C(CCC3C2CCC2(C)C(C(=O)N4CCCCC4)CCC32)C1. The molecule has 1 heterocycles. The van der Waals surface area contributed by atoms with Gasteiger partial charge in [0.1, 0.15) is 0 Å². The Balaban J connectivity index is 1.33. The zero-order chi connectivity index (χ0) is 18.6. The average Bonchev–Trinajstić information content (AvgIpc) is 3.05. The molecule has 0 radical (unpaired) electrons. The maximum absolute atomic E-state index is 13.4. The van der Waals surface area contributed by atoms with Crippen molar-refractivity contribution in [3.8, 4) is 0 Å². The number of hydrogen-bond acceptors (Lipinski definition) is 1. The summed E-state index contributed by atoms with van der Waals surface area (Å²) in [5.41, 5.74) is 0.310. The molecule has 0 N–H and O–H groups in total. The van der Waals surface area contributed by atoms with E-state index in [1.54, 1.807) is 0 Å². The molecular formula is C25H41NO. The number of rotatable bonds is 1. The monoisotopic (exact) mass is 371 g/mol. The third-order valence-electron chi connectivity index (χ3n) is 10.2. The molecule has 5 rings (SSSR count). The van der Waals surface area contributed by atoms with Gasteiger partial charge in [-0.15, -0.1) is 0 Å². The molecule has 0 bridgehead atoms. The van der Waals surface area contributed by atoms with Gasteiger partial charge in [0.05, 0.1) is 0 Å². The third kappa shape index (κ3) is 2.99. The first-order valence-corrected chi connectivity index (χ1v) is 12.4. The molecule has 5 aliphatic rings. The van der Waals surface area contributed by atoms with Gasteiger partial charge in [-0.1, -0.05) is 20.3 Å². The Hall–Kier alpha value is -0.530. The van der Waals surface area contributed by atoms with Crippen molar-refractivity contribution in [2.75, 3.05) is 13.1 Å². The number of amides is 1. The van der Waals surface area contributed by atoms with Crippen LogP contribution < -0.4 is 0 Å². The zero-order valence-corrected chi connectivity index (χ0v) is 17.8. The number of piperidine rings is 1. The Bertz CT molecular complexity index is 567. The maximum Gasteiger partial charge on any atom is 0.226 e. The van der Waals surface area contributed by atoms with E-state index >= 15 is 0 Å².